The molecule has 1 aromatic heterocycles. The van der Waals surface area contributed by atoms with Crippen molar-refractivity contribution in [2.75, 3.05) is 6.54 Å². The lowest BCUT2D eigenvalue weighted by atomic mass is 10.2. The van der Waals surface area contributed by atoms with Crippen LogP contribution in [-0.2, 0) is 4.79 Å². The number of rotatable bonds is 5. The quantitative estimate of drug-likeness (QED) is 0.704. The van der Waals surface area contributed by atoms with Crippen LogP contribution in [0, 0.1) is 0 Å². The Balaban J connectivity index is 2.37. The van der Waals surface area contributed by atoms with E-state index in [1.54, 1.807) is 0 Å². The first kappa shape index (κ1) is 12.5. The van der Waals surface area contributed by atoms with Gasteiger partial charge in [-0.2, -0.15) is 0 Å². The molecule has 3 N–H and O–H groups in total. The highest BCUT2D eigenvalue weighted by Gasteiger charge is 2.15. The van der Waals surface area contributed by atoms with Crippen LogP contribution in [0.15, 0.2) is 16.7 Å². The van der Waals surface area contributed by atoms with Gasteiger partial charge in [0.1, 0.15) is 0 Å². The van der Waals surface area contributed by atoms with Crippen molar-refractivity contribution >= 4 is 23.5 Å². The van der Waals surface area contributed by atoms with Crippen LogP contribution in [0.5, 0.6) is 0 Å². The maximum absolute atomic E-state index is 11.4. The van der Waals surface area contributed by atoms with E-state index in [2.05, 4.69) is 5.32 Å². The minimum atomic E-state index is -1.49. The molecule has 0 fully saturated rings. The van der Waals surface area contributed by atoms with Crippen LogP contribution in [0.25, 0.3) is 0 Å². The summed E-state index contributed by atoms with van der Waals surface area (Å²) in [6.45, 7) is 0.0355. The molecule has 0 spiro atoms. The second kappa shape index (κ2) is 5.53. The fourth-order valence-corrected chi connectivity index (χ4v) is 1.20. The first-order chi connectivity index (χ1) is 7.52. The van der Waals surface area contributed by atoms with Crippen LogP contribution in [0.1, 0.15) is 16.8 Å². The molecule has 88 valence electrons. The summed E-state index contributed by atoms with van der Waals surface area (Å²) in [5.41, 5.74) is 0.173. The van der Waals surface area contributed by atoms with Crippen LogP contribution in [-0.4, -0.2) is 34.7 Å². The lowest BCUT2D eigenvalue weighted by molar-refractivity contribution is -0.146. The van der Waals surface area contributed by atoms with E-state index in [-0.39, 0.29) is 23.7 Å². The molecule has 1 atom stereocenters. The molecule has 7 heteroatoms. The predicted molar refractivity (Wildman–Crippen MR) is 54.3 cm³/mol. The molecule has 16 heavy (non-hydrogen) atoms. The zero-order valence-corrected chi connectivity index (χ0v) is 8.90. The Morgan fingerprint density at radius 1 is 1.56 bits per heavy atom. The summed E-state index contributed by atoms with van der Waals surface area (Å²) in [5, 5.41) is 19.7. The highest BCUT2D eigenvalue weighted by molar-refractivity contribution is 6.32. The van der Waals surface area contributed by atoms with Crippen LogP contribution in [0.2, 0.25) is 5.22 Å². The van der Waals surface area contributed by atoms with E-state index in [0.717, 1.165) is 0 Å². The summed E-state index contributed by atoms with van der Waals surface area (Å²) in [5.74, 6) is -1.80. The third kappa shape index (κ3) is 3.25. The van der Waals surface area contributed by atoms with E-state index >= 15 is 0 Å². The van der Waals surface area contributed by atoms with Gasteiger partial charge in [0.2, 0.25) is 5.22 Å². The van der Waals surface area contributed by atoms with Gasteiger partial charge in [0.05, 0.1) is 11.8 Å². The standard InChI is InChI=1S/C9H10ClNO5/c10-7-5(2-4-16-7)8(13)11-3-1-6(12)9(14)15/h2,4,6,12H,1,3H2,(H,11,13)(H,14,15). The largest absolute Gasteiger partial charge is 0.479 e. The average molecular weight is 248 g/mol. The number of carboxylic acid groups (broad SMARTS) is 1. The molecule has 6 nitrogen and oxygen atoms in total. The molecule has 1 unspecified atom stereocenters. The highest BCUT2D eigenvalue weighted by atomic mass is 35.5. The summed E-state index contributed by atoms with van der Waals surface area (Å²) < 4.78 is 4.71. The average Bonchev–Trinajstić information content (AvgIpc) is 2.64. The number of furan rings is 1. The van der Waals surface area contributed by atoms with E-state index in [1.807, 2.05) is 0 Å². The van der Waals surface area contributed by atoms with Gasteiger partial charge < -0.3 is 19.9 Å². The molecule has 1 amide bonds. The number of carbonyl (C=O) groups is 2. The van der Waals surface area contributed by atoms with Crippen molar-refractivity contribution in [3.63, 3.8) is 0 Å². The first-order valence-corrected chi connectivity index (χ1v) is 4.82. The fourth-order valence-electron chi connectivity index (χ4n) is 0.997. The molecule has 0 aliphatic carbocycles. The molecule has 0 saturated carbocycles. The third-order valence-corrected chi connectivity index (χ3v) is 2.14. The molecule has 0 radical (unpaired) electrons. The number of aliphatic hydroxyl groups is 1. The molecular weight excluding hydrogens is 238 g/mol. The fraction of sp³-hybridized carbons (Fsp3) is 0.333. The minimum absolute atomic E-state index is 0.0312. The monoisotopic (exact) mass is 247 g/mol. The summed E-state index contributed by atoms with van der Waals surface area (Å²) >= 11 is 5.56. The molecule has 1 heterocycles. The zero-order chi connectivity index (χ0) is 12.1. The second-order valence-corrected chi connectivity index (χ2v) is 3.35. The Morgan fingerprint density at radius 3 is 2.75 bits per heavy atom. The van der Waals surface area contributed by atoms with Crippen molar-refractivity contribution in [1.82, 2.24) is 5.32 Å². The van der Waals surface area contributed by atoms with Crippen LogP contribution < -0.4 is 5.32 Å². The number of carbonyl (C=O) groups excluding carboxylic acids is 1. The number of carboxylic acids is 1. The minimum Gasteiger partial charge on any atom is -0.479 e. The molecule has 0 saturated heterocycles. The van der Waals surface area contributed by atoms with Crippen molar-refractivity contribution in [1.29, 1.82) is 0 Å². The number of halogens is 1. The molecule has 1 aromatic rings. The van der Waals surface area contributed by atoms with Gasteiger partial charge in [0.15, 0.2) is 6.10 Å². The van der Waals surface area contributed by atoms with E-state index in [4.69, 9.17) is 26.2 Å². The van der Waals surface area contributed by atoms with Crippen LogP contribution in [0.3, 0.4) is 0 Å². The van der Waals surface area contributed by atoms with E-state index in [0.29, 0.717) is 0 Å². The van der Waals surface area contributed by atoms with Crippen molar-refractivity contribution in [3.8, 4) is 0 Å². The van der Waals surface area contributed by atoms with Gasteiger partial charge >= 0.3 is 5.97 Å². The van der Waals surface area contributed by atoms with E-state index in [9.17, 15) is 9.59 Å². The summed E-state index contributed by atoms with van der Waals surface area (Å²) in [6.07, 6.45) is -0.292. The molecule has 0 bridgehead atoms. The lowest BCUT2D eigenvalue weighted by Gasteiger charge is -2.06. The van der Waals surface area contributed by atoms with Gasteiger partial charge in [-0.05, 0) is 17.7 Å². The maximum atomic E-state index is 11.4. The van der Waals surface area contributed by atoms with Crippen molar-refractivity contribution in [2.45, 2.75) is 12.5 Å². The van der Waals surface area contributed by atoms with Gasteiger partial charge in [-0.15, -0.1) is 0 Å². The number of hydrogen-bond donors (Lipinski definition) is 3. The Hall–Kier alpha value is -1.53. The smallest absolute Gasteiger partial charge is 0.332 e. The lowest BCUT2D eigenvalue weighted by Crippen LogP contribution is -2.29. The van der Waals surface area contributed by atoms with Gasteiger partial charge in [0, 0.05) is 13.0 Å². The number of nitrogens with one attached hydrogen (secondary N) is 1. The Morgan fingerprint density at radius 2 is 2.25 bits per heavy atom. The van der Waals surface area contributed by atoms with E-state index in [1.165, 1.54) is 12.3 Å². The summed E-state index contributed by atoms with van der Waals surface area (Å²) in [4.78, 5) is 21.7. The second-order valence-electron chi connectivity index (χ2n) is 3.01. The predicted octanol–water partition coefficient (Wildman–Crippen LogP) is 0.498. The van der Waals surface area contributed by atoms with Crippen molar-refractivity contribution in [3.05, 3.63) is 23.1 Å². The topological polar surface area (TPSA) is 99.8 Å². The van der Waals surface area contributed by atoms with E-state index < -0.39 is 18.0 Å². The van der Waals surface area contributed by atoms with Gasteiger partial charge in [0.25, 0.3) is 5.91 Å². The highest BCUT2D eigenvalue weighted by Crippen LogP contribution is 2.15. The van der Waals surface area contributed by atoms with Crippen LogP contribution in [0.4, 0.5) is 0 Å². The molecule has 1 rings (SSSR count). The van der Waals surface area contributed by atoms with Gasteiger partial charge in [-0.3, -0.25) is 4.79 Å². The number of amides is 1. The molecular formula is C9H10ClNO5. The summed E-state index contributed by atoms with van der Waals surface area (Å²) in [7, 11) is 0. The number of hydrogen-bond acceptors (Lipinski definition) is 4. The molecule has 0 aromatic carbocycles. The number of aliphatic carboxylic acids is 1. The summed E-state index contributed by atoms with van der Waals surface area (Å²) in [6, 6.07) is 1.39. The Kier molecular flexibility index (Phi) is 4.33. The zero-order valence-electron chi connectivity index (χ0n) is 8.14. The van der Waals surface area contributed by atoms with Crippen molar-refractivity contribution < 1.29 is 24.2 Å². The van der Waals surface area contributed by atoms with Gasteiger partial charge in [-0.25, -0.2) is 4.79 Å². The third-order valence-electron chi connectivity index (χ3n) is 1.85. The number of aliphatic hydroxyl groups excluding tert-OH is 1. The molecule has 0 aliphatic heterocycles. The molecule has 0 aliphatic rings. The first-order valence-electron chi connectivity index (χ1n) is 4.44. The Labute approximate surface area is 95.8 Å². The maximum Gasteiger partial charge on any atom is 0.332 e. The van der Waals surface area contributed by atoms with Crippen LogP contribution >= 0.6 is 11.6 Å². The normalized spacial score (nSPS) is 12.1. The van der Waals surface area contributed by atoms with Crippen molar-refractivity contribution in [2.24, 2.45) is 0 Å². The Bertz CT molecular complexity index is 389. The SMILES string of the molecule is O=C(NCCC(O)C(=O)O)c1ccoc1Cl. The van der Waals surface area contributed by atoms with Gasteiger partial charge in [-0.1, -0.05) is 0 Å².